The molecule has 0 unspecified atom stereocenters. The first-order valence-electron chi connectivity index (χ1n) is 22.1. The predicted octanol–water partition coefficient (Wildman–Crippen LogP) is 9.98. The Kier molecular flexibility index (Phi) is 10.9. The molecule has 1 aliphatic heterocycles. The van der Waals surface area contributed by atoms with Crippen LogP contribution < -0.4 is 10.2 Å². The number of nitrogens with one attached hydrogen (secondary N) is 1. The minimum atomic E-state index is -1.14. The van der Waals surface area contributed by atoms with Gasteiger partial charge in [-0.05, 0) is 155 Å². The molecule has 0 aromatic carbocycles. The average Bonchev–Trinajstić information content (AvgIpc) is 3.52. The Labute approximate surface area is 338 Å². The number of anilines is 1. The highest BCUT2D eigenvalue weighted by Crippen LogP contribution is 2.78. The fourth-order valence-corrected chi connectivity index (χ4v) is 14.7. The lowest BCUT2D eigenvalue weighted by Crippen LogP contribution is -2.66. The molecule has 6 aliphatic rings. The quantitative estimate of drug-likeness (QED) is 0.169. The van der Waals surface area contributed by atoms with Crippen molar-refractivity contribution in [3.05, 3.63) is 48.3 Å². The largest absolute Gasteiger partial charge is 0.481 e. The highest BCUT2D eigenvalue weighted by atomic mass is 16.5. The molecule has 0 spiro atoms. The molecule has 1 aromatic rings. The van der Waals surface area contributed by atoms with Crippen molar-refractivity contribution in [1.29, 1.82) is 0 Å². The molecule has 5 aliphatic carbocycles. The molecular weight excluding hydrogens is 699 g/mol. The van der Waals surface area contributed by atoms with E-state index >= 15 is 0 Å². The number of hydrogen-bond donors (Lipinski definition) is 2. The van der Waals surface area contributed by atoms with E-state index in [-0.39, 0.29) is 45.6 Å². The van der Waals surface area contributed by atoms with Crippen molar-refractivity contribution >= 4 is 17.8 Å². The van der Waals surface area contributed by atoms with Crippen LogP contribution >= 0.6 is 0 Å². The van der Waals surface area contributed by atoms with Crippen LogP contribution in [0.2, 0.25) is 0 Å². The zero-order valence-electron chi connectivity index (χ0n) is 36.1. The van der Waals surface area contributed by atoms with E-state index < -0.39 is 11.4 Å². The van der Waals surface area contributed by atoms with Crippen molar-refractivity contribution in [2.24, 2.45) is 62.1 Å². The third-order valence-electron chi connectivity index (χ3n) is 17.8. The fraction of sp³-hybridized carbons (Fsp3) is 0.771. The summed E-state index contributed by atoms with van der Waals surface area (Å²) in [6.45, 7) is 31.4. The summed E-state index contributed by atoms with van der Waals surface area (Å²) in [5.74, 6) is 2.58. The van der Waals surface area contributed by atoms with E-state index in [4.69, 9.17) is 14.5 Å². The minimum absolute atomic E-state index is 0.102. The van der Waals surface area contributed by atoms with Crippen LogP contribution in [-0.2, 0) is 25.6 Å². The maximum Gasteiger partial charge on any atom is 0.309 e. The molecule has 6 fully saturated rings. The van der Waals surface area contributed by atoms with Gasteiger partial charge < -0.3 is 24.8 Å². The van der Waals surface area contributed by atoms with E-state index in [0.29, 0.717) is 36.1 Å². The summed E-state index contributed by atoms with van der Waals surface area (Å²) in [4.78, 5) is 32.3. The molecule has 1 saturated heterocycles. The number of aliphatic carboxylic acids is 1. The van der Waals surface area contributed by atoms with Crippen molar-refractivity contribution in [2.75, 3.05) is 31.2 Å². The van der Waals surface area contributed by atoms with Crippen molar-refractivity contribution in [1.82, 2.24) is 10.3 Å². The lowest BCUT2D eigenvalue weighted by molar-refractivity contribution is -0.250. The maximum atomic E-state index is 13.2. The molecule has 0 bridgehead atoms. The minimum Gasteiger partial charge on any atom is -0.481 e. The maximum absolute atomic E-state index is 13.2. The van der Waals surface area contributed by atoms with Gasteiger partial charge in [0.1, 0.15) is 11.9 Å². The van der Waals surface area contributed by atoms with Crippen molar-refractivity contribution < 1.29 is 24.2 Å². The first-order valence-corrected chi connectivity index (χ1v) is 22.1. The number of allylic oxidation sites excluding steroid dienone is 2. The van der Waals surface area contributed by atoms with Crippen LogP contribution in [0.4, 0.5) is 5.82 Å². The monoisotopic (exact) mass is 772 g/mol. The first kappa shape index (κ1) is 41.3. The van der Waals surface area contributed by atoms with Crippen LogP contribution in [0.3, 0.4) is 0 Å². The van der Waals surface area contributed by atoms with E-state index in [0.717, 1.165) is 69.2 Å². The third-order valence-corrected chi connectivity index (χ3v) is 17.8. The molecule has 2 heterocycles. The Balaban J connectivity index is 1.07. The summed E-state index contributed by atoms with van der Waals surface area (Å²) >= 11 is 0. The van der Waals surface area contributed by atoms with E-state index in [9.17, 15) is 14.7 Å². The zero-order valence-corrected chi connectivity index (χ0v) is 36.1. The molecular formula is C48H73N3O5. The van der Waals surface area contributed by atoms with Gasteiger partial charge in [-0.1, -0.05) is 59.4 Å². The predicted molar refractivity (Wildman–Crippen MR) is 223 cm³/mol. The number of pyridine rings is 1. The Morgan fingerprint density at radius 1 is 0.946 bits per heavy atom. The topological polar surface area (TPSA) is 101 Å². The normalized spacial score (nSPS) is 39.0. The van der Waals surface area contributed by atoms with E-state index in [1.165, 1.54) is 50.5 Å². The van der Waals surface area contributed by atoms with Gasteiger partial charge in [0, 0.05) is 24.2 Å². The molecule has 8 heteroatoms. The van der Waals surface area contributed by atoms with E-state index in [1.807, 2.05) is 0 Å². The fourth-order valence-electron chi connectivity index (χ4n) is 14.7. The van der Waals surface area contributed by atoms with Crippen LogP contribution in [0.5, 0.6) is 0 Å². The second-order valence-corrected chi connectivity index (χ2v) is 21.5. The van der Waals surface area contributed by atoms with Gasteiger partial charge in [0.15, 0.2) is 0 Å². The first-order chi connectivity index (χ1) is 26.3. The van der Waals surface area contributed by atoms with Gasteiger partial charge in [0.05, 0.1) is 37.3 Å². The van der Waals surface area contributed by atoms with Crippen LogP contribution in [0, 0.1) is 62.1 Å². The van der Waals surface area contributed by atoms with E-state index in [1.54, 1.807) is 13.8 Å². The van der Waals surface area contributed by atoms with Gasteiger partial charge in [-0.25, -0.2) is 4.98 Å². The van der Waals surface area contributed by atoms with Crippen LogP contribution in [0.25, 0.3) is 0 Å². The molecule has 2 N–H and O–H groups in total. The molecule has 8 nitrogen and oxygen atoms in total. The zero-order chi connectivity index (χ0) is 40.5. The molecule has 7 rings (SSSR count). The molecule has 0 amide bonds. The van der Waals surface area contributed by atoms with Gasteiger partial charge in [0.2, 0.25) is 0 Å². The van der Waals surface area contributed by atoms with Gasteiger partial charge >= 0.3 is 11.9 Å². The number of rotatable bonds is 11. The van der Waals surface area contributed by atoms with Crippen LogP contribution in [0.15, 0.2) is 42.6 Å². The van der Waals surface area contributed by atoms with Gasteiger partial charge in [-0.3, -0.25) is 9.59 Å². The number of carboxylic acid groups (broad SMARTS) is 1. The Hall–Kier alpha value is -2.87. The van der Waals surface area contributed by atoms with Gasteiger partial charge in [-0.15, -0.1) is 0 Å². The summed E-state index contributed by atoms with van der Waals surface area (Å²) < 4.78 is 11.8. The Morgan fingerprint density at radius 2 is 1.68 bits per heavy atom. The molecule has 1 aromatic heterocycles. The summed E-state index contributed by atoms with van der Waals surface area (Å²) in [5, 5.41) is 13.4. The summed E-state index contributed by atoms with van der Waals surface area (Å²) in [5.41, 5.74) is 3.13. The second-order valence-electron chi connectivity index (χ2n) is 21.5. The number of fused-ring (bicyclic) bond motifs is 7. The lowest BCUT2D eigenvalue weighted by atomic mass is 9.32. The van der Waals surface area contributed by atoms with Crippen molar-refractivity contribution in [3.8, 4) is 0 Å². The van der Waals surface area contributed by atoms with Gasteiger partial charge in [-0.2, -0.15) is 0 Å². The number of aromatic nitrogens is 1. The highest BCUT2D eigenvalue weighted by Gasteiger charge is 2.71. The molecule has 56 heavy (non-hydrogen) atoms. The van der Waals surface area contributed by atoms with Crippen molar-refractivity contribution in [3.63, 3.8) is 0 Å². The number of nitrogens with zero attached hydrogens (tertiary/aromatic N) is 2. The Bertz CT molecular complexity index is 1700. The number of morpholine rings is 1. The summed E-state index contributed by atoms with van der Waals surface area (Å²) in [6.07, 6.45) is 12.5. The molecule has 5 saturated carbocycles. The molecule has 10 atom stereocenters. The molecule has 0 radical (unpaired) electrons. The van der Waals surface area contributed by atoms with Gasteiger partial charge in [0.25, 0.3) is 0 Å². The van der Waals surface area contributed by atoms with Crippen LogP contribution in [-0.4, -0.2) is 54.4 Å². The smallest absolute Gasteiger partial charge is 0.309 e. The number of ether oxygens (including phenoxy) is 2. The van der Waals surface area contributed by atoms with Crippen molar-refractivity contribution in [2.45, 2.75) is 145 Å². The van der Waals surface area contributed by atoms with E-state index in [2.05, 4.69) is 83.1 Å². The SMILES string of the molecule is C=C(C[C@]12CC[C@@H](C(=C)C)[C@@H]1[C@H]1CC[C@@H]3[C@@]4(C)CC[C@H](OC(=O)CC(C)(C)C(=O)O)C(C)(C)[C@@H]4CC[C@@]3(C)[C@]1(C)CC2)NCc1cccc(N2CCOCC2)n1. The number of carbonyl (C=O) groups excluding carboxylic acids is 1. The average molecular weight is 772 g/mol. The lowest BCUT2D eigenvalue weighted by Gasteiger charge is -2.73. The standard InChI is InChI=1S/C48H73N3O5/c1-31(2)34-16-21-48(28-32(3)49-30-33-12-11-13-39(50-33)51-24-26-55-27-25-51)23-22-46(9)35(41(34)48)14-15-37-45(8)19-18-38(56-40(52)29-43(4,5)42(53)54)44(6,7)36(45)17-20-47(37,46)10/h11-13,34-38,41,49H,1,3,14-30H2,2,4-10H3,(H,53,54)/t34-,35+,36-,37+,38-,41+,45-,46+,47+,48+/m0/s1. The Morgan fingerprint density at radius 3 is 2.38 bits per heavy atom. The third kappa shape index (κ3) is 6.83. The number of carboxylic acids is 1. The number of hydrogen-bond acceptors (Lipinski definition) is 7. The summed E-state index contributed by atoms with van der Waals surface area (Å²) in [7, 11) is 0. The second kappa shape index (κ2) is 14.7. The number of carbonyl (C=O) groups is 2. The summed E-state index contributed by atoms with van der Waals surface area (Å²) in [6, 6.07) is 6.36. The molecule has 310 valence electrons. The van der Waals surface area contributed by atoms with Crippen LogP contribution in [0.1, 0.15) is 138 Å². The number of esters is 1. The highest BCUT2D eigenvalue weighted by molar-refractivity contribution is 5.81.